The number of benzene rings is 1. The maximum Gasteiger partial charge on any atom is 0.220 e. The fourth-order valence-electron chi connectivity index (χ4n) is 2.22. The molecule has 0 aliphatic rings. The third-order valence-corrected chi connectivity index (χ3v) is 3.75. The van der Waals surface area contributed by atoms with Gasteiger partial charge in [-0.05, 0) is 49.4 Å². The van der Waals surface area contributed by atoms with Crippen LogP contribution in [0.1, 0.15) is 51.1 Å². The number of nitrogens with two attached hydrogens (primary N) is 1. The number of rotatable bonds is 8. The summed E-state index contributed by atoms with van der Waals surface area (Å²) in [4.78, 5) is 12.0. The van der Waals surface area contributed by atoms with Crippen LogP contribution in [0, 0.1) is 5.92 Å². The molecule has 2 unspecified atom stereocenters. The van der Waals surface area contributed by atoms with Gasteiger partial charge < -0.3 is 11.1 Å². The summed E-state index contributed by atoms with van der Waals surface area (Å²) in [6, 6.07) is 7.69. The van der Waals surface area contributed by atoms with Crippen molar-refractivity contribution in [3.05, 3.63) is 34.9 Å². The van der Waals surface area contributed by atoms with Gasteiger partial charge in [0.25, 0.3) is 0 Å². The summed E-state index contributed by atoms with van der Waals surface area (Å²) in [5.74, 6) is 0.595. The Hall–Kier alpha value is -1.06. The van der Waals surface area contributed by atoms with E-state index < -0.39 is 0 Å². The Morgan fingerprint density at radius 2 is 2.15 bits per heavy atom. The fourth-order valence-corrected chi connectivity index (χ4v) is 2.42. The average Bonchev–Trinajstić information content (AvgIpc) is 2.43. The maximum atomic E-state index is 12.0. The van der Waals surface area contributed by atoms with Crippen LogP contribution in [0.4, 0.5) is 0 Å². The second-order valence-electron chi connectivity index (χ2n) is 5.30. The molecule has 1 aromatic rings. The molecule has 0 saturated heterocycles. The minimum atomic E-state index is 0.0333. The van der Waals surface area contributed by atoms with E-state index in [-0.39, 0.29) is 11.9 Å². The van der Waals surface area contributed by atoms with E-state index in [1.165, 1.54) is 0 Å². The van der Waals surface area contributed by atoms with Gasteiger partial charge in [0, 0.05) is 11.4 Å². The van der Waals surface area contributed by atoms with E-state index in [4.69, 9.17) is 17.3 Å². The van der Waals surface area contributed by atoms with Crippen molar-refractivity contribution >= 4 is 17.5 Å². The van der Waals surface area contributed by atoms with Crippen molar-refractivity contribution in [3.8, 4) is 0 Å². The maximum absolute atomic E-state index is 12.0. The Kier molecular flexibility index (Phi) is 7.63. The second kappa shape index (κ2) is 8.98. The van der Waals surface area contributed by atoms with Crippen LogP contribution >= 0.6 is 11.6 Å². The van der Waals surface area contributed by atoms with Crippen molar-refractivity contribution in [2.45, 2.75) is 45.6 Å². The molecule has 0 aromatic heterocycles. The summed E-state index contributed by atoms with van der Waals surface area (Å²) in [5, 5.41) is 3.78. The number of hydrogen-bond donors (Lipinski definition) is 2. The Labute approximate surface area is 126 Å². The first-order valence-corrected chi connectivity index (χ1v) is 7.69. The van der Waals surface area contributed by atoms with Crippen LogP contribution in [-0.4, -0.2) is 12.5 Å². The van der Waals surface area contributed by atoms with Gasteiger partial charge in [-0.2, -0.15) is 0 Å². The van der Waals surface area contributed by atoms with Crippen LogP contribution in [0.2, 0.25) is 5.02 Å². The summed E-state index contributed by atoms with van der Waals surface area (Å²) < 4.78 is 0. The van der Waals surface area contributed by atoms with Crippen molar-refractivity contribution in [3.63, 3.8) is 0 Å². The highest BCUT2D eigenvalue weighted by Gasteiger charge is 2.13. The van der Waals surface area contributed by atoms with Crippen LogP contribution in [-0.2, 0) is 4.79 Å². The number of halogens is 1. The van der Waals surface area contributed by atoms with Crippen molar-refractivity contribution in [2.75, 3.05) is 6.54 Å². The Balaban J connectivity index is 2.50. The van der Waals surface area contributed by atoms with E-state index in [0.717, 1.165) is 24.8 Å². The topological polar surface area (TPSA) is 55.1 Å². The number of carbonyl (C=O) groups is 1. The predicted molar refractivity (Wildman–Crippen MR) is 84.7 cm³/mol. The van der Waals surface area contributed by atoms with E-state index >= 15 is 0 Å². The predicted octanol–water partition coefficient (Wildman–Crippen LogP) is 3.67. The molecule has 112 valence electrons. The third-order valence-electron chi connectivity index (χ3n) is 3.52. The summed E-state index contributed by atoms with van der Waals surface area (Å²) in [6.45, 7) is 4.88. The van der Waals surface area contributed by atoms with Crippen molar-refractivity contribution in [1.29, 1.82) is 0 Å². The first kappa shape index (κ1) is 17.0. The van der Waals surface area contributed by atoms with Crippen LogP contribution < -0.4 is 11.1 Å². The molecule has 3 N–H and O–H groups in total. The standard InChI is InChI=1S/C16H25ClN2O/c1-3-15(13-5-4-6-14(17)11-13)19-16(20)8-7-12(2)9-10-18/h4-6,11-12,15H,3,7-10,18H2,1-2H3,(H,19,20). The summed E-state index contributed by atoms with van der Waals surface area (Å²) in [5.41, 5.74) is 6.57. The molecule has 2 atom stereocenters. The van der Waals surface area contributed by atoms with Gasteiger partial charge in [0.2, 0.25) is 5.91 Å². The molecule has 4 heteroatoms. The normalized spacial score (nSPS) is 13.8. The van der Waals surface area contributed by atoms with Crippen LogP contribution in [0.5, 0.6) is 0 Å². The minimum Gasteiger partial charge on any atom is -0.349 e. The number of nitrogens with one attached hydrogen (secondary N) is 1. The molecule has 1 aromatic carbocycles. The number of hydrogen-bond acceptors (Lipinski definition) is 2. The average molecular weight is 297 g/mol. The monoisotopic (exact) mass is 296 g/mol. The molecule has 3 nitrogen and oxygen atoms in total. The number of carbonyl (C=O) groups excluding carboxylic acids is 1. The molecule has 20 heavy (non-hydrogen) atoms. The summed E-state index contributed by atoms with van der Waals surface area (Å²) >= 11 is 6.00. The van der Waals surface area contributed by atoms with Crippen LogP contribution in [0.25, 0.3) is 0 Å². The quantitative estimate of drug-likeness (QED) is 0.769. The molecule has 0 fully saturated rings. The molecular weight excluding hydrogens is 272 g/mol. The summed E-state index contributed by atoms with van der Waals surface area (Å²) in [7, 11) is 0. The molecule has 0 saturated carbocycles. The molecule has 0 heterocycles. The lowest BCUT2D eigenvalue weighted by Crippen LogP contribution is -2.28. The van der Waals surface area contributed by atoms with Gasteiger partial charge in [0.1, 0.15) is 0 Å². The Morgan fingerprint density at radius 1 is 1.40 bits per heavy atom. The fraction of sp³-hybridized carbons (Fsp3) is 0.562. The van der Waals surface area contributed by atoms with Crippen molar-refractivity contribution < 1.29 is 4.79 Å². The lowest BCUT2D eigenvalue weighted by Gasteiger charge is -2.18. The van der Waals surface area contributed by atoms with Gasteiger partial charge in [-0.15, -0.1) is 0 Å². The van der Waals surface area contributed by atoms with Crippen LogP contribution in [0.3, 0.4) is 0 Å². The van der Waals surface area contributed by atoms with Gasteiger partial charge >= 0.3 is 0 Å². The third kappa shape index (κ3) is 5.93. The van der Waals surface area contributed by atoms with Crippen LogP contribution in [0.15, 0.2) is 24.3 Å². The number of amides is 1. The zero-order valence-electron chi connectivity index (χ0n) is 12.4. The highest BCUT2D eigenvalue weighted by Crippen LogP contribution is 2.20. The van der Waals surface area contributed by atoms with Gasteiger partial charge in [0.15, 0.2) is 0 Å². The van der Waals surface area contributed by atoms with E-state index in [0.29, 0.717) is 23.9 Å². The molecule has 0 spiro atoms. The molecule has 1 rings (SSSR count). The molecule has 0 aliphatic carbocycles. The first-order valence-electron chi connectivity index (χ1n) is 7.31. The Bertz CT molecular complexity index is 423. The van der Waals surface area contributed by atoms with Gasteiger partial charge in [-0.1, -0.05) is 37.6 Å². The van der Waals surface area contributed by atoms with E-state index in [1.807, 2.05) is 24.3 Å². The Morgan fingerprint density at radius 3 is 2.75 bits per heavy atom. The second-order valence-corrected chi connectivity index (χ2v) is 5.74. The minimum absolute atomic E-state index is 0.0333. The van der Waals surface area contributed by atoms with Gasteiger partial charge in [-0.25, -0.2) is 0 Å². The van der Waals surface area contributed by atoms with Crippen molar-refractivity contribution in [1.82, 2.24) is 5.32 Å². The first-order chi connectivity index (χ1) is 9.56. The zero-order valence-corrected chi connectivity index (χ0v) is 13.1. The molecule has 0 aliphatic heterocycles. The van der Waals surface area contributed by atoms with E-state index in [1.54, 1.807) is 0 Å². The van der Waals surface area contributed by atoms with Crippen molar-refractivity contribution in [2.24, 2.45) is 11.7 Å². The molecular formula is C16H25ClN2O. The van der Waals surface area contributed by atoms with Gasteiger partial charge in [-0.3, -0.25) is 4.79 Å². The molecule has 0 radical (unpaired) electrons. The smallest absolute Gasteiger partial charge is 0.220 e. The largest absolute Gasteiger partial charge is 0.349 e. The highest BCUT2D eigenvalue weighted by atomic mass is 35.5. The van der Waals surface area contributed by atoms with Gasteiger partial charge in [0.05, 0.1) is 6.04 Å². The summed E-state index contributed by atoms with van der Waals surface area (Å²) in [6.07, 6.45) is 3.26. The lowest BCUT2D eigenvalue weighted by molar-refractivity contribution is -0.122. The van der Waals surface area contributed by atoms with E-state index in [9.17, 15) is 4.79 Å². The molecule has 0 bridgehead atoms. The zero-order chi connectivity index (χ0) is 15.0. The highest BCUT2D eigenvalue weighted by molar-refractivity contribution is 6.30. The lowest BCUT2D eigenvalue weighted by atomic mass is 10.0. The molecule has 1 amide bonds. The SMILES string of the molecule is CCC(NC(=O)CCC(C)CCN)c1cccc(Cl)c1. The van der Waals surface area contributed by atoms with E-state index in [2.05, 4.69) is 19.2 Å².